The summed E-state index contributed by atoms with van der Waals surface area (Å²) < 4.78 is 31.5. The van der Waals surface area contributed by atoms with Crippen LogP contribution in [0.5, 0.6) is 5.75 Å². The van der Waals surface area contributed by atoms with Gasteiger partial charge in [-0.2, -0.15) is 0 Å². The molecule has 0 heterocycles. The van der Waals surface area contributed by atoms with Crippen LogP contribution in [-0.2, 0) is 12.5 Å². The molecule has 94 valence electrons. The van der Waals surface area contributed by atoms with E-state index in [9.17, 15) is 8.78 Å². The third-order valence-electron chi connectivity index (χ3n) is 2.45. The molecule has 0 aliphatic carbocycles. The minimum Gasteiger partial charge on any atom is -0.489 e. The Morgan fingerprint density at radius 1 is 1.00 bits per heavy atom. The van der Waals surface area contributed by atoms with Crippen molar-refractivity contribution in [1.29, 1.82) is 0 Å². The Bertz CT molecular complexity index is 543. The molecule has 2 aromatic rings. The first kappa shape index (κ1) is 12.8. The Balaban J connectivity index is 2.10. The number of benzene rings is 2. The fourth-order valence-electron chi connectivity index (χ4n) is 1.58. The summed E-state index contributed by atoms with van der Waals surface area (Å²) in [4.78, 5) is 0. The van der Waals surface area contributed by atoms with E-state index >= 15 is 0 Å². The van der Waals surface area contributed by atoms with Gasteiger partial charge < -0.3 is 4.74 Å². The fourth-order valence-corrected chi connectivity index (χ4v) is 1.79. The highest BCUT2D eigenvalue weighted by Gasteiger charge is 2.05. The van der Waals surface area contributed by atoms with Gasteiger partial charge in [0.1, 0.15) is 24.0 Å². The van der Waals surface area contributed by atoms with Gasteiger partial charge in [-0.3, -0.25) is 0 Å². The predicted molar refractivity (Wildman–Crippen MR) is 66.7 cm³/mol. The molecule has 1 nitrogen and oxygen atoms in total. The lowest BCUT2D eigenvalue weighted by atomic mass is 10.2. The van der Waals surface area contributed by atoms with Gasteiger partial charge in [-0.25, -0.2) is 8.78 Å². The summed E-state index contributed by atoms with van der Waals surface area (Å²) in [7, 11) is 0. The number of hydrogen-bond acceptors (Lipinski definition) is 1. The number of ether oxygens (including phenoxy) is 1. The largest absolute Gasteiger partial charge is 0.489 e. The maximum Gasteiger partial charge on any atom is 0.124 e. The Kier molecular flexibility index (Phi) is 4.15. The zero-order valence-electron chi connectivity index (χ0n) is 9.50. The number of alkyl halides is 1. The van der Waals surface area contributed by atoms with E-state index in [4.69, 9.17) is 16.3 Å². The van der Waals surface area contributed by atoms with E-state index in [1.54, 1.807) is 12.1 Å². The highest BCUT2D eigenvalue weighted by atomic mass is 35.5. The van der Waals surface area contributed by atoms with Crippen molar-refractivity contribution in [3.63, 3.8) is 0 Å². The molecule has 0 spiro atoms. The van der Waals surface area contributed by atoms with Gasteiger partial charge in [-0.1, -0.05) is 12.1 Å². The maximum absolute atomic E-state index is 13.0. The average molecular weight is 269 g/mol. The van der Waals surface area contributed by atoms with Crippen LogP contribution in [0.2, 0.25) is 0 Å². The van der Waals surface area contributed by atoms with E-state index in [0.717, 1.165) is 0 Å². The summed E-state index contributed by atoms with van der Waals surface area (Å²) in [5.74, 6) is 0.00293. The third-order valence-corrected chi connectivity index (χ3v) is 2.74. The van der Waals surface area contributed by atoms with Crippen LogP contribution in [0.3, 0.4) is 0 Å². The van der Waals surface area contributed by atoms with Gasteiger partial charge in [-0.05, 0) is 35.9 Å². The Morgan fingerprint density at radius 3 is 2.50 bits per heavy atom. The molecule has 0 saturated heterocycles. The molecule has 0 amide bonds. The lowest BCUT2D eigenvalue weighted by molar-refractivity contribution is 0.302. The van der Waals surface area contributed by atoms with Gasteiger partial charge in [0.25, 0.3) is 0 Å². The van der Waals surface area contributed by atoms with Crippen LogP contribution < -0.4 is 4.74 Å². The van der Waals surface area contributed by atoms with Gasteiger partial charge in [-0.15, -0.1) is 11.6 Å². The van der Waals surface area contributed by atoms with E-state index in [-0.39, 0.29) is 24.1 Å². The number of rotatable bonds is 4. The van der Waals surface area contributed by atoms with Gasteiger partial charge in [0.15, 0.2) is 0 Å². The van der Waals surface area contributed by atoms with Crippen molar-refractivity contribution in [2.45, 2.75) is 12.5 Å². The van der Waals surface area contributed by atoms with E-state index in [0.29, 0.717) is 16.9 Å². The standard InChI is InChI=1S/C14H11ClF2O/c15-8-11-7-13(17)4-5-14(11)18-9-10-2-1-3-12(16)6-10/h1-7H,8-9H2. The minimum atomic E-state index is -0.358. The summed E-state index contributed by atoms with van der Waals surface area (Å²) in [5, 5.41) is 0. The topological polar surface area (TPSA) is 9.23 Å². The van der Waals surface area contributed by atoms with E-state index in [1.165, 1.54) is 30.3 Å². The minimum absolute atomic E-state index is 0.163. The summed E-state index contributed by atoms with van der Waals surface area (Å²) in [5.41, 5.74) is 1.29. The number of halogens is 3. The van der Waals surface area contributed by atoms with Crippen LogP contribution in [0, 0.1) is 11.6 Å². The lowest BCUT2D eigenvalue weighted by Gasteiger charge is -2.10. The molecular weight excluding hydrogens is 258 g/mol. The van der Waals surface area contributed by atoms with Crippen molar-refractivity contribution in [2.24, 2.45) is 0 Å². The van der Waals surface area contributed by atoms with Crippen LogP contribution >= 0.6 is 11.6 Å². The summed E-state index contributed by atoms with van der Waals surface area (Å²) in [6.45, 7) is 0.216. The maximum atomic E-state index is 13.0. The Hall–Kier alpha value is -1.61. The molecule has 4 heteroatoms. The molecule has 2 aromatic carbocycles. The van der Waals surface area contributed by atoms with Crippen LogP contribution in [0.4, 0.5) is 8.78 Å². The van der Waals surface area contributed by atoms with E-state index < -0.39 is 0 Å². The smallest absolute Gasteiger partial charge is 0.124 e. The van der Waals surface area contributed by atoms with Crippen molar-refractivity contribution in [2.75, 3.05) is 0 Å². The molecule has 2 rings (SSSR count). The van der Waals surface area contributed by atoms with Crippen molar-refractivity contribution in [1.82, 2.24) is 0 Å². The summed E-state index contributed by atoms with van der Waals surface area (Å²) in [6.07, 6.45) is 0. The van der Waals surface area contributed by atoms with Crippen molar-refractivity contribution in [3.05, 3.63) is 65.2 Å². The molecule has 0 N–H and O–H groups in total. The molecule has 0 bridgehead atoms. The zero-order chi connectivity index (χ0) is 13.0. The van der Waals surface area contributed by atoms with E-state index in [1.807, 2.05) is 0 Å². The second kappa shape index (κ2) is 5.83. The van der Waals surface area contributed by atoms with E-state index in [2.05, 4.69) is 0 Å². The first-order valence-corrected chi connectivity index (χ1v) is 5.94. The molecule has 0 aliphatic heterocycles. The van der Waals surface area contributed by atoms with Gasteiger partial charge >= 0.3 is 0 Å². The third kappa shape index (κ3) is 3.20. The van der Waals surface area contributed by atoms with Crippen LogP contribution in [0.1, 0.15) is 11.1 Å². The normalized spacial score (nSPS) is 10.4. The Morgan fingerprint density at radius 2 is 1.78 bits per heavy atom. The SMILES string of the molecule is Fc1cccc(COc2ccc(F)cc2CCl)c1. The quantitative estimate of drug-likeness (QED) is 0.752. The van der Waals surface area contributed by atoms with Crippen molar-refractivity contribution >= 4 is 11.6 Å². The molecule has 0 radical (unpaired) electrons. The number of hydrogen-bond donors (Lipinski definition) is 0. The van der Waals surface area contributed by atoms with Crippen LogP contribution in [0.25, 0.3) is 0 Å². The first-order chi connectivity index (χ1) is 8.69. The highest BCUT2D eigenvalue weighted by Crippen LogP contribution is 2.22. The van der Waals surface area contributed by atoms with Crippen molar-refractivity contribution in [3.8, 4) is 5.75 Å². The second-order valence-electron chi connectivity index (χ2n) is 3.80. The molecule has 0 fully saturated rings. The molecule has 0 atom stereocenters. The summed E-state index contributed by atoms with van der Waals surface area (Å²) >= 11 is 5.70. The fraction of sp³-hybridized carbons (Fsp3) is 0.143. The summed E-state index contributed by atoms with van der Waals surface area (Å²) in [6, 6.07) is 10.3. The first-order valence-electron chi connectivity index (χ1n) is 5.40. The average Bonchev–Trinajstić information content (AvgIpc) is 2.37. The predicted octanol–water partition coefficient (Wildman–Crippen LogP) is 4.28. The van der Waals surface area contributed by atoms with Crippen LogP contribution in [-0.4, -0.2) is 0 Å². The lowest BCUT2D eigenvalue weighted by Crippen LogP contribution is -1.98. The molecule has 18 heavy (non-hydrogen) atoms. The Labute approximate surface area is 109 Å². The molecular formula is C14H11ClF2O. The monoisotopic (exact) mass is 268 g/mol. The molecule has 0 aliphatic rings. The van der Waals surface area contributed by atoms with Crippen molar-refractivity contribution < 1.29 is 13.5 Å². The van der Waals surface area contributed by atoms with Gasteiger partial charge in [0.2, 0.25) is 0 Å². The molecule has 0 saturated carbocycles. The highest BCUT2D eigenvalue weighted by molar-refractivity contribution is 6.17. The molecule has 0 aromatic heterocycles. The second-order valence-corrected chi connectivity index (χ2v) is 4.07. The molecule has 0 unspecified atom stereocenters. The van der Waals surface area contributed by atoms with Gasteiger partial charge in [0, 0.05) is 5.56 Å². The van der Waals surface area contributed by atoms with Gasteiger partial charge in [0.05, 0.1) is 5.88 Å². The zero-order valence-corrected chi connectivity index (χ0v) is 10.3. The van der Waals surface area contributed by atoms with Crippen LogP contribution in [0.15, 0.2) is 42.5 Å².